The third-order valence-corrected chi connectivity index (χ3v) is 3.61. The van der Waals surface area contributed by atoms with Gasteiger partial charge in [0, 0.05) is 16.2 Å². The average molecular weight is 329 g/mol. The number of hydrogen-bond acceptors (Lipinski definition) is 2. The Balaban J connectivity index is 1.93. The molecule has 20 heavy (non-hydrogen) atoms. The van der Waals surface area contributed by atoms with E-state index in [9.17, 15) is 0 Å². The number of nitrogens with one attached hydrogen (secondary N) is 1. The molecule has 0 radical (unpaired) electrons. The van der Waals surface area contributed by atoms with Gasteiger partial charge in [0.2, 0.25) is 0 Å². The van der Waals surface area contributed by atoms with E-state index in [1.54, 1.807) is 0 Å². The molecule has 0 saturated carbocycles. The highest BCUT2D eigenvalue weighted by Gasteiger charge is 2.05. The molecule has 2 nitrogen and oxygen atoms in total. The first-order valence-corrected chi connectivity index (χ1v) is 7.48. The minimum atomic E-state index is 0.357. The summed E-state index contributed by atoms with van der Waals surface area (Å²) >= 11 is 3.43. The number of benzene rings is 2. The Bertz CT molecular complexity index is 602. The SMILES string of the molecule is CC(CCc1ccccc1)Nc1cc(Br)cc(C#N)c1. The number of aryl methyl sites for hydroxylation is 1. The molecular formula is C17H17BrN2. The third-order valence-electron chi connectivity index (χ3n) is 3.15. The zero-order valence-electron chi connectivity index (χ0n) is 11.4. The van der Waals surface area contributed by atoms with E-state index < -0.39 is 0 Å². The summed E-state index contributed by atoms with van der Waals surface area (Å²) in [6.07, 6.45) is 2.10. The summed E-state index contributed by atoms with van der Waals surface area (Å²) < 4.78 is 0.925. The van der Waals surface area contributed by atoms with Gasteiger partial charge in [-0.1, -0.05) is 46.3 Å². The number of nitriles is 1. The van der Waals surface area contributed by atoms with Crippen LogP contribution in [0.15, 0.2) is 53.0 Å². The molecule has 0 aliphatic rings. The number of nitrogens with zero attached hydrogens (tertiary/aromatic N) is 1. The topological polar surface area (TPSA) is 35.8 Å². The highest BCUT2D eigenvalue weighted by molar-refractivity contribution is 9.10. The maximum atomic E-state index is 8.97. The second-order valence-electron chi connectivity index (χ2n) is 4.91. The molecule has 2 aromatic rings. The molecule has 0 saturated heterocycles. The largest absolute Gasteiger partial charge is 0.383 e. The van der Waals surface area contributed by atoms with Crippen LogP contribution in [0.2, 0.25) is 0 Å². The van der Waals surface area contributed by atoms with Crippen molar-refractivity contribution in [3.8, 4) is 6.07 Å². The molecule has 3 heteroatoms. The van der Waals surface area contributed by atoms with Gasteiger partial charge in [0.1, 0.15) is 0 Å². The molecule has 0 fully saturated rings. The molecular weight excluding hydrogens is 312 g/mol. The second kappa shape index (κ2) is 7.12. The van der Waals surface area contributed by atoms with Gasteiger partial charge in [-0.05, 0) is 43.5 Å². The lowest BCUT2D eigenvalue weighted by atomic mass is 10.1. The molecule has 0 bridgehead atoms. The molecule has 1 N–H and O–H groups in total. The Kier molecular flexibility index (Phi) is 5.20. The third kappa shape index (κ3) is 4.40. The predicted molar refractivity (Wildman–Crippen MR) is 86.7 cm³/mol. The van der Waals surface area contributed by atoms with Crippen LogP contribution in [0.4, 0.5) is 5.69 Å². The van der Waals surface area contributed by atoms with Gasteiger partial charge in [-0.25, -0.2) is 0 Å². The van der Waals surface area contributed by atoms with Crippen LogP contribution in [-0.2, 0) is 6.42 Å². The van der Waals surface area contributed by atoms with E-state index in [2.05, 4.69) is 58.5 Å². The molecule has 1 unspecified atom stereocenters. The fraction of sp³-hybridized carbons (Fsp3) is 0.235. The van der Waals surface area contributed by atoms with Crippen molar-refractivity contribution in [1.29, 1.82) is 5.26 Å². The smallest absolute Gasteiger partial charge is 0.0992 e. The average Bonchev–Trinajstić information content (AvgIpc) is 2.45. The van der Waals surface area contributed by atoms with Crippen molar-refractivity contribution >= 4 is 21.6 Å². The number of hydrogen-bond donors (Lipinski definition) is 1. The van der Waals surface area contributed by atoms with Gasteiger partial charge < -0.3 is 5.32 Å². The van der Waals surface area contributed by atoms with Gasteiger partial charge in [0.25, 0.3) is 0 Å². The summed E-state index contributed by atoms with van der Waals surface area (Å²) in [4.78, 5) is 0. The Morgan fingerprint density at radius 1 is 1.20 bits per heavy atom. The van der Waals surface area contributed by atoms with E-state index >= 15 is 0 Å². The zero-order chi connectivity index (χ0) is 14.4. The van der Waals surface area contributed by atoms with Crippen LogP contribution in [-0.4, -0.2) is 6.04 Å². The summed E-state index contributed by atoms with van der Waals surface area (Å²) in [5.41, 5.74) is 3.00. The standard InChI is InChI=1S/C17H17BrN2/c1-13(7-8-14-5-3-2-4-6-14)20-17-10-15(12-19)9-16(18)11-17/h2-6,9-11,13,20H,7-8H2,1H3. The van der Waals surface area contributed by atoms with Crippen LogP contribution in [0.1, 0.15) is 24.5 Å². The van der Waals surface area contributed by atoms with Crippen molar-refractivity contribution in [2.75, 3.05) is 5.32 Å². The van der Waals surface area contributed by atoms with E-state index in [0.717, 1.165) is 23.0 Å². The van der Waals surface area contributed by atoms with Crippen LogP contribution in [0, 0.1) is 11.3 Å². The highest BCUT2D eigenvalue weighted by Crippen LogP contribution is 2.20. The predicted octanol–water partition coefficient (Wildman–Crippen LogP) is 4.75. The molecule has 0 heterocycles. The molecule has 0 spiro atoms. The molecule has 2 rings (SSSR count). The molecule has 0 amide bonds. The van der Waals surface area contributed by atoms with E-state index in [-0.39, 0.29) is 0 Å². The second-order valence-corrected chi connectivity index (χ2v) is 5.83. The van der Waals surface area contributed by atoms with E-state index in [0.29, 0.717) is 11.6 Å². The van der Waals surface area contributed by atoms with Crippen LogP contribution in [0.5, 0.6) is 0 Å². The summed E-state index contributed by atoms with van der Waals surface area (Å²) in [5, 5.41) is 12.4. The normalized spacial score (nSPS) is 11.7. The highest BCUT2D eigenvalue weighted by atomic mass is 79.9. The summed E-state index contributed by atoms with van der Waals surface area (Å²) in [6, 6.07) is 18.7. The first-order valence-electron chi connectivity index (χ1n) is 6.68. The van der Waals surface area contributed by atoms with Crippen molar-refractivity contribution in [3.05, 3.63) is 64.1 Å². The first kappa shape index (κ1) is 14.6. The van der Waals surface area contributed by atoms with Crippen molar-refractivity contribution in [2.24, 2.45) is 0 Å². The first-order chi connectivity index (χ1) is 9.67. The van der Waals surface area contributed by atoms with Crippen LogP contribution >= 0.6 is 15.9 Å². The monoisotopic (exact) mass is 328 g/mol. The zero-order valence-corrected chi connectivity index (χ0v) is 13.0. The minimum absolute atomic E-state index is 0.357. The van der Waals surface area contributed by atoms with E-state index in [1.165, 1.54) is 5.56 Å². The molecule has 0 aliphatic carbocycles. The molecule has 2 aromatic carbocycles. The fourth-order valence-electron chi connectivity index (χ4n) is 2.12. The van der Waals surface area contributed by atoms with Crippen molar-refractivity contribution < 1.29 is 0 Å². The minimum Gasteiger partial charge on any atom is -0.383 e. The van der Waals surface area contributed by atoms with E-state index in [1.807, 2.05) is 24.3 Å². The van der Waals surface area contributed by atoms with E-state index in [4.69, 9.17) is 5.26 Å². The molecule has 0 aromatic heterocycles. The lowest BCUT2D eigenvalue weighted by Crippen LogP contribution is -2.16. The number of halogens is 1. The van der Waals surface area contributed by atoms with Crippen LogP contribution in [0.25, 0.3) is 0 Å². The summed E-state index contributed by atoms with van der Waals surface area (Å²) in [7, 11) is 0. The van der Waals surface area contributed by atoms with Crippen LogP contribution < -0.4 is 5.32 Å². The Hall–Kier alpha value is -1.79. The number of anilines is 1. The Morgan fingerprint density at radius 3 is 2.65 bits per heavy atom. The molecule has 102 valence electrons. The molecule has 1 atom stereocenters. The van der Waals surface area contributed by atoms with Crippen molar-refractivity contribution in [1.82, 2.24) is 0 Å². The fourth-order valence-corrected chi connectivity index (χ4v) is 2.62. The van der Waals surface area contributed by atoms with Crippen LogP contribution in [0.3, 0.4) is 0 Å². The van der Waals surface area contributed by atoms with Gasteiger partial charge >= 0.3 is 0 Å². The van der Waals surface area contributed by atoms with Gasteiger partial charge in [-0.3, -0.25) is 0 Å². The maximum Gasteiger partial charge on any atom is 0.0992 e. The number of rotatable bonds is 5. The van der Waals surface area contributed by atoms with Crippen molar-refractivity contribution in [3.63, 3.8) is 0 Å². The molecule has 0 aliphatic heterocycles. The summed E-state index contributed by atoms with van der Waals surface area (Å²) in [6.45, 7) is 2.16. The van der Waals surface area contributed by atoms with Gasteiger partial charge in [-0.2, -0.15) is 5.26 Å². The van der Waals surface area contributed by atoms with Gasteiger partial charge in [0.15, 0.2) is 0 Å². The Labute approximate surface area is 128 Å². The lowest BCUT2D eigenvalue weighted by molar-refractivity contribution is 0.706. The quantitative estimate of drug-likeness (QED) is 0.859. The summed E-state index contributed by atoms with van der Waals surface area (Å²) in [5.74, 6) is 0. The van der Waals surface area contributed by atoms with Crippen molar-refractivity contribution in [2.45, 2.75) is 25.8 Å². The Morgan fingerprint density at radius 2 is 1.95 bits per heavy atom. The maximum absolute atomic E-state index is 8.97. The van der Waals surface area contributed by atoms with Gasteiger partial charge in [-0.15, -0.1) is 0 Å². The lowest BCUT2D eigenvalue weighted by Gasteiger charge is -2.15. The van der Waals surface area contributed by atoms with Gasteiger partial charge in [0.05, 0.1) is 11.6 Å².